The zero-order valence-corrected chi connectivity index (χ0v) is 19.6. The molecule has 0 radical (unpaired) electrons. The van der Waals surface area contributed by atoms with E-state index in [1.54, 1.807) is 13.8 Å². The molecule has 2 N–H and O–H groups in total. The number of likely N-dealkylation sites (tertiary alicyclic amines) is 1. The highest BCUT2D eigenvalue weighted by Crippen LogP contribution is 2.32. The van der Waals surface area contributed by atoms with Gasteiger partial charge in [0.1, 0.15) is 12.1 Å². The Balaban J connectivity index is 1.65. The van der Waals surface area contributed by atoms with Crippen LogP contribution < -0.4 is 5.32 Å². The molecule has 2 fully saturated rings. The molecule has 0 bridgehead atoms. The molecule has 3 rings (SSSR count). The van der Waals surface area contributed by atoms with E-state index in [9.17, 15) is 19.5 Å². The summed E-state index contributed by atoms with van der Waals surface area (Å²) >= 11 is 0. The van der Waals surface area contributed by atoms with Gasteiger partial charge in [0.05, 0.1) is 18.8 Å². The minimum absolute atomic E-state index is 0.000168. The fraction of sp³-hybridized carbons (Fsp3) is 0.640. The molecule has 0 saturated carbocycles. The van der Waals surface area contributed by atoms with E-state index in [0.717, 1.165) is 24.8 Å². The lowest BCUT2D eigenvalue weighted by molar-refractivity contribution is -0.150. The van der Waals surface area contributed by atoms with Crippen LogP contribution in [0.3, 0.4) is 0 Å². The van der Waals surface area contributed by atoms with Gasteiger partial charge in [0, 0.05) is 19.1 Å². The molecule has 5 atom stereocenters. The van der Waals surface area contributed by atoms with Gasteiger partial charge in [-0.05, 0) is 57.9 Å². The standard InChI is InChI=1S/C25H36N2O6/c1-3-32-25(31)20(13-12-18-9-5-4-6-10-18)26-17(2)23(28)27-16-19(15-21(27)24(29)30)22-11-7-8-14-33-22/h4-6,9-10,17,19-22,26H,3,7-8,11-16H2,1-2H3,(H,29,30)/t17-,19?,20-,21-,22+/m0/s1. The van der Waals surface area contributed by atoms with Gasteiger partial charge in [-0.25, -0.2) is 4.79 Å². The Hall–Kier alpha value is -2.45. The fourth-order valence-corrected chi connectivity index (χ4v) is 4.84. The number of carboxylic acids is 1. The van der Waals surface area contributed by atoms with Crippen LogP contribution in [-0.2, 0) is 30.3 Å². The van der Waals surface area contributed by atoms with Crippen molar-refractivity contribution in [3.05, 3.63) is 35.9 Å². The minimum atomic E-state index is -1.00. The van der Waals surface area contributed by atoms with Crippen LogP contribution in [-0.4, -0.2) is 71.8 Å². The topological polar surface area (TPSA) is 105 Å². The third kappa shape index (κ3) is 6.77. The van der Waals surface area contributed by atoms with E-state index in [1.165, 1.54) is 4.90 Å². The van der Waals surface area contributed by atoms with Crippen molar-refractivity contribution < 1.29 is 29.0 Å². The van der Waals surface area contributed by atoms with Crippen LogP contribution in [0.15, 0.2) is 30.3 Å². The number of carbonyl (C=O) groups excluding carboxylic acids is 2. The molecular formula is C25H36N2O6. The highest BCUT2D eigenvalue weighted by Gasteiger charge is 2.44. The molecule has 1 aromatic rings. The molecule has 1 aromatic carbocycles. The molecule has 8 heteroatoms. The monoisotopic (exact) mass is 460 g/mol. The summed E-state index contributed by atoms with van der Waals surface area (Å²) in [5.74, 6) is -1.70. The summed E-state index contributed by atoms with van der Waals surface area (Å²) in [6, 6.07) is 7.56. The summed E-state index contributed by atoms with van der Waals surface area (Å²) in [4.78, 5) is 39.2. The molecule has 8 nitrogen and oxygen atoms in total. The Kier molecular flexibility index (Phi) is 9.26. The van der Waals surface area contributed by atoms with Gasteiger partial charge >= 0.3 is 11.9 Å². The molecule has 0 spiro atoms. The highest BCUT2D eigenvalue weighted by atomic mass is 16.5. The Morgan fingerprint density at radius 1 is 1.24 bits per heavy atom. The van der Waals surface area contributed by atoms with Crippen molar-refractivity contribution in [2.75, 3.05) is 19.8 Å². The number of rotatable bonds is 10. The van der Waals surface area contributed by atoms with Gasteiger partial charge in [0.15, 0.2) is 0 Å². The molecule has 182 valence electrons. The first-order chi connectivity index (χ1) is 15.9. The van der Waals surface area contributed by atoms with Crippen molar-refractivity contribution in [3.63, 3.8) is 0 Å². The van der Waals surface area contributed by atoms with Gasteiger partial charge in [0.25, 0.3) is 0 Å². The van der Waals surface area contributed by atoms with Crippen LogP contribution in [0.1, 0.15) is 51.5 Å². The molecule has 2 aliphatic heterocycles. The van der Waals surface area contributed by atoms with E-state index in [4.69, 9.17) is 9.47 Å². The maximum Gasteiger partial charge on any atom is 0.326 e. The van der Waals surface area contributed by atoms with Crippen LogP contribution >= 0.6 is 0 Å². The normalized spacial score (nSPS) is 24.8. The lowest BCUT2D eigenvalue weighted by atomic mass is 9.93. The largest absolute Gasteiger partial charge is 0.480 e. The van der Waals surface area contributed by atoms with Gasteiger partial charge in [-0.1, -0.05) is 30.3 Å². The van der Waals surface area contributed by atoms with Crippen molar-refractivity contribution in [2.45, 2.75) is 76.6 Å². The Bertz CT molecular complexity index is 795. The lowest BCUT2D eigenvalue weighted by Crippen LogP contribution is -2.53. The van der Waals surface area contributed by atoms with E-state index in [0.29, 0.717) is 32.4 Å². The van der Waals surface area contributed by atoms with E-state index in [1.807, 2.05) is 30.3 Å². The number of hydrogen-bond acceptors (Lipinski definition) is 6. The molecule has 2 heterocycles. The number of benzene rings is 1. The number of aryl methyl sites for hydroxylation is 1. The van der Waals surface area contributed by atoms with Crippen molar-refractivity contribution in [1.29, 1.82) is 0 Å². The minimum Gasteiger partial charge on any atom is -0.480 e. The van der Waals surface area contributed by atoms with Crippen molar-refractivity contribution in [3.8, 4) is 0 Å². The average Bonchev–Trinajstić information content (AvgIpc) is 3.28. The number of ether oxygens (including phenoxy) is 2. The summed E-state index contributed by atoms with van der Waals surface area (Å²) < 4.78 is 11.1. The zero-order chi connectivity index (χ0) is 23.8. The van der Waals surface area contributed by atoms with Gasteiger partial charge in [-0.3, -0.25) is 14.9 Å². The number of nitrogens with zero attached hydrogens (tertiary/aromatic N) is 1. The zero-order valence-electron chi connectivity index (χ0n) is 19.6. The number of nitrogens with one attached hydrogen (secondary N) is 1. The van der Waals surface area contributed by atoms with Crippen LogP contribution in [0.2, 0.25) is 0 Å². The first-order valence-electron chi connectivity index (χ1n) is 12.0. The molecule has 2 saturated heterocycles. The van der Waals surface area contributed by atoms with Crippen molar-refractivity contribution >= 4 is 17.8 Å². The van der Waals surface area contributed by atoms with E-state index in [2.05, 4.69) is 5.32 Å². The second-order valence-electron chi connectivity index (χ2n) is 8.96. The maximum atomic E-state index is 13.3. The van der Waals surface area contributed by atoms with Crippen LogP contribution in [0.4, 0.5) is 0 Å². The van der Waals surface area contributed by atoms with Gasteiger partial charge < -0.3 is 19.5 Å². The van der Waals surface area contributed by atoms with Gasteiger partial charge in [-0.15, -0.1) is 0 Å². The summed E-state index contributed by atoms with van der Waals surface area (Å²) in [5.41, 5.74) is 1.09. The second kappa shape index (κ2) is 12.1. The molecular weight excluding hydrogens is 424 g/mol. The summed E-state index contributed by atoms with van der Waals surface area (Å²) in [6.45, 7) is 4.73. The summed E-state index contributed by atoms with van der Waals surface area (Å²) in [6.07, 6.45) is 4.51. The van der Waals surface area contributed by atoms with Crippen LogP contribution in [0.25, 0.3) is 0 Å². The van der Waals surface area contributed by atoms with Crippen molar-refractivity contribution in [1.82, 2.24) is 10.2 Å². The first kappa shape index (κ1) is 25.2. The number of carboxylic acid groups (broad SMARTS) is 1. The highest BCUT2D eigenvalue weighted by molar-refractivity contribution is 5.88. The fourth-order valence-electron chi connectivity index (χ4n) is 4.84. The number of carbonyl (C=O) groups is 3. The molecule has 1 amide bonds. The van der Waals surface area contributed by atoms with Crippen LogP contribution in [0, 0.1) is 5.92 Å². The summed E-state index contributed by atoms with van der Waals surface area (Å²) in [7, 11) is 0. The van der Waals surface area contributed by atoms with Gasteiger partial charge in [0.2, 0.25) is 5.91 Å². The number of esters is 1. The molecule has 1 unspecified atom stereocenters. The lowest BCUT2D eigenvalue weighted by Gasteiger charge is -2.29. The van der Waals surface area contributed by atoms with Crippen LogP contribution in [0.5, 0.6) is 0 Å². The Morgan fingerprint density at radius 3 is 2.64 bits per heavy atom. The molecule has 33 heavy (non-hydrogen) atoms. The molecule has 0 aromatic heterocycles. The van der Waals surface area contributed by atoms with Crippen molar-refractivity contribution in [2.24, 2.45) is 5.92 Å². The predicted molar refractivity (Wildman–Crippen MR) is 123 cm³/mol. The van der Waals surface area contributed by atoms with E-state index in [-0.39, 0.29) is 24.5 Å². The third-order valence-corrected chi connectivity index (χ3v) is 6.60. The van der Waals surface area contributed by atoms with E-state index >= 15 is 0 Å². The number of hydrogen-bond donors (Lipinski definition) is 2. The molecule has 0 aliphatic carbocycles. The first-order valence-corrected chi connectivity index (χ1v) is 12.0. The number of aliphatic carboxylic acids is 1. The van der Waals surface area contributed by atoms with Gasteiger partial charge in [-0.2, -0.15) is 0 Å². The Labute approximate surface area is 195 Å². The summed E-state index contributed by atoms with van der Waals surface area (Å²) in [5, 5.41) is 12.9. The maximum absolute atomic E-state index is 13.3. The number of amides is 1. The Morgan fingerprint density at radius 2 is 2.00 bits per heavy atom. The second-order valence-corrected chi connectivity index (χ2v) is 8.96. The SMILES string of the molecule is CCOC(=O)[C@H](CCc1ccccc1)N[C@@H](C)C(=O)N1CC([C@H]2CCCCO2)C[C@H]1C(=O)O. The predicted octanol–water partition coefficient (Wildman–Crippen LogP) is 2.40. The smallest absolute Gasteiger partial charge is 0.326 e. The molecule has 2 aliphatic rings. The van der Waals surface area contributed by atoms with E-state index < -0.39 is 30.1 Å². The average molecular weight is 461 g/mol. The third-order valence-electron chi connectivity index (χ3n) is 6.60. The quantitative estimate of drug-likeness (QED) is 0.517.